The van der Waals surface area contributed by atoms with Crippen LogP contribution in [-0.2, 0) is 0 Å². The molecule has 3 aromatic rings. The first-order valence-corrected chi connectivity index (χ1v) is 8.10. The summed E-state index contributed by atoms with van der Waals surface area (Å²) >= 11 is 0. The minimum atomic E-state index is -0.816. The van der Waals surface area contributed by atoms with Crippen molar-refractivity contribution in [2.45, 2.75) is 13.0 Å². The zero-order valence-corrected chi connectivity index (χ0v) is 14.2. The van der Waals surface area contributed by atoms with Crippen LogP contribution in [0, 0.1) is 11.3 Å². The van der Waals surface area contributed by atoms with Crippen LogP contribution in [0.3, 0.4) is 0 Å². The van der Waals surface area contributed by atoms with Crippen LogP contribution in [-0.4, -0.2) is 27.3 Å². The summed E-state index contributed by atoms with van der Waals surface area (Å²) in [5.41, 5.74) is 1.85. The summed E-state index contributed by atoms with van der Waals surface area (Å²) in [6.07, 6.45) is 4.79. The predicted molar refractivity (Wildman–Crippen MR) is 94.8 cm³/mol. The molecule has 0 aliphatic heterocycles. The molecule has 1 amide bonds. The fraction of sp³-hybridized carbons (Fsp3) is 0.158. The van der Waals surface area contributed by atoms with Crippen LogP contribution < -0.4 is 10.1 Å². The summed E-state index contributed by atoms with van der Waals surface area (Å²) in [5.74, 6) is -0.0158. The zero-order chi connectivity index (χ0) is 18.4. The average Bonchev–Trinajstić information content (AvgIpc) is 3.17. The molecule has 0 spiro atoms. The Kier molecular flexibility index (Phi) is 5.25. The van der Waals surface area contributed by atoms with Gasteiger partial charge in [-0.15, -0.1) is 0 Å². The second kappa shape index (κ2) is 7.94. The number of para-hydroxylation sites is 1. The Hall–Kier alpha value is -3.66. The molecule has 7 nitrogen and oxygen atoms in total. The number of nitriles is 1. The van der Waals surface area contributed by atoms with Gasteiger partial charge < -0.3 is 10.1 Å². The number of hydrogen-bond donors (Lipinski definition) is 1. The number of hydrogen-bond acceptors (Lipinski definition) is 5. The summed E-state index contributed by atoms with van der Waals surface area (Å²) in [7, 11) is 0. The number of nitrogens with one attached hydrogen (secondary N) is 1. The van der Waals surface area contributed by atoms with E-state index in [9.17, 15) is 10.1 Å². The van der Waals surface area contributed by atoms with Crippen molar-refractivity contribution in [3.63, 3.8) is 0 Å². The van der Waals surface area contributed by atoms with Crippen LogP contribution in [0.2, 0.25) is 0 Å². The molecule has 2 aromatic heterocycles. The van der Waals surface area contributed by atoms with E-state index in [-0.39, 0.29) is 5.91 Å². The summed E-state index contributed by atoms with van der Waals surface area (Å²) in [5, 5.41) is 16.4. The van der Waals surface area contributed by atoms with Crippen LogP contribution in [0.25, 0.3) is 5.69 Å². The highest BCUT2D eigenvalue weighted by molar-refractivity contribution is 5.94. The maximum atomic E-state index is 12.4. The lowest BCUT2D eigenvalue weighted by Gasteiger charge is -2.10. The number of nitrogens with zero attached hydrogens (tertiary/aromatic N) is 4. The second-order valence-electron chi connectivity index (χ2n) is 5.41. The molecule has 130 valence electrons. The third kappa shape index (κ3) is 3.87. The molecule has 0 saturated carbocycles. The van der Waals surface area contributed by atoms with Gasteiger partial charge in [-0.3, -0.25) is 4.79 Å². The summed E-state index contributed by atoms with van der Waals surface area (Å²) in [4.78, 5) is 16.5. The highest BCUT2D eigenvalue weighted by Crippen LogP contribution is 2.16. The van der Waals surface area contributed by atoms with Gasteiger partial charge in [-0.05, 0) is 25.1 Å². The van der Waals surface area contributed by atoms with Crippen LogP contribution in [0.4, 0.5) is 0 Å². The number of amides is 1. The molecule has 0 aliphatic carbocycles. The lowest BCUT2D eigenvalue weighted by atomic mass is 10.1. The zero-order valence-electron chi connectivity index (χ0n) is 14.2. The maximum Gasteiger partial charge on any atom is 0.252 e. The van der Waals surface area contributed by atoms with Crippen molar-refractivity contribution in [1.29, 1.82) is 5.26 Å². The summed E-state index contributed by atoms with van der Waals surface area (Å²) in [6.45, 7) is 2.29. The Morgan fingerprint density at radius 2 is 2.15 bits per heavy atom. The van der Waals surface area contributed by atoms with Crippen molar-refractivity contribution in [2.24, 2.45) is 0 Å². The van der Waals surface area contributed by atoms with Crippen molar-refractivity contribution in [1.82, 2.24) is 20.1 Å². The summed E-state index contributed by atoms with van der Waals surface area (Å²) in [6, 6.07) is 13.9. The average molecular weight is 347 g/mol. The molecule has 7 heteroatoms. The third-order valence-corrected chi connectivity index (χ3v) is 3.65. The number of ether oxygens (including phenoxy) is 1. The molecule has 0 aliphatic rings. The minimum Gasteiger partial charge on any atom is -0.478 e. The Bertz CT molecular complexity index is 930. The van der Waals surface area contributed by atoms with E-state index in [1.54, 1.807) is 29.2 Å². The van der Waals surface area contributed by atoms with Crippen molar-refractivity contribution in [3.8, 4) is 17.6 Å². The van der Waals surface area contributed by atoms with E-state index in [0.717, 1.165) is 5.69 Å². The Balaban J connectivity index is 1.76. The number of carbonyl (C=O) groups excluding carboxylic acids is 1. The van der Waals surface area contributed by atoms with E-state index >= 15 is 0 Å². The Morgan fingerprint density at radius 1 is 1.35 bits per heavy atom. The van der Waals surface area contributed by atoms with Gasteiger partial charge >= 0.3 is 0 Å². The molecule has 0 saturated heterocycles. The van der Waals surface area contributed by atoms with Crippen LogP contribution in [0.1, 0.15) is 28.9 Å². The van der Waals surface area contributed by atoms with Crippen molar-refractivity contribution in [3.05, 3.63) is 72.2 Å². The topological polar surface area (TPSA) is 92.8 Å². The molecule has 0 fully saturated rings. The van der Waals surface area contributed by atoms with E-state index < -0.39 is 6.04 Å². The largest absolute Gasteiger partial charge is 0.478 e. The van der Waals surface area contributed by atoms with Crippen LogP contribution in [0.15, 0.2) is 61.1 Å². The molecule has 1 N–H and O–H groups in total. The molecule has 0 radical (unpaired) electrons. The number of rotatable bonds is 6. The summed E-state index contributed by atoms with van der Waals surface area (Å²) < 4.78 is 6.95. The Labute approximate surface area is 150 Å². The van der Waals surface area contributed by atoms with Crippen molar-refractivity contribution < 1.29 is 9.53 Å². The second-order valence-corrected chi connectivity index (χ2v) is 5.41. The normalized spacial score (nSPS) is 11.4. The van der Waals surface area contributed by atoms with Gasteiger partial charge in [-0.1, -0.05) is 18.2 Å². The van der Waals surface area contributed by atoms with E-state index in [0.29, 0.717) is 23.6 Å². The molecule has 1 aromatic carbocycles. The van der Waals surface area contributed by atoms with Gasteiger partial charge in [-0.2, -0.15) is 10.4 Å². The van der Waals surface area contributed by atoms with Gasteiger partial charge in [0.25, 0.3) is 5.91 Å². The Morgan fingerprint density at radius 3 is 2.88 bits per heavy atom. The first-order chi connectivity index (χ1) is 12.7. The van der Waals surface area contributed by atoms with Crippen LogP contribution in [0.5, 0.6) is 5.88 Å². The molecular formula is C19H17N5O2. The maximum absolute atomic E-state index is 12.4. The number of pyridine rings is 1. The molecule has 26 heavy (non-hydrogen) atoms. The van der Waals surface area contributed by atoms with E-state index in [1.807, 2.05) is 37.3 Å². The van der Waals surface area contributed by atoms with Crippen molar-refractivity contribution in [2.75, 3.05) is 6.61 Å². The fourth-order valence-electron chi connectivity index (χ4n) is 2.39. The molecule has 0 unspecified atom stereocenters. The first kappa shape index (κ1) is 17.2. The first-order valence-electron chi connectivity index (χ1n) is 8.10. The van der Waals surface area contributed by atoms with E-state index in [4.69, 9.17) is 4.74 Å². The van der Waals surface area contributed by atoms with Gasteiger partial charge in [0.1, 0.15) is 6.04 Å². The fourth-order valence-corrected chi connectivity index (χ4v) is 2.39. The van der Waals surface area contributed by atoms with Gasteiger partial charge in [0.2, 0.25) is 5.88 Å². The molecular weight excluding hydrogens is 330 g/mol. The lowest BCUT2D eigenvalue weighted by molar-refractivity contribution is 0.0944. The molecule has 3 rings (SSSR count). The standard InChI is InChI=1S/C19H17N5O2/c1-2-26-18-10-14(8-9-21-18)19(25)23-17(11-20)15-12-22-24(13-15)16-6-4-3-5-7-16/h3-10,12-13,17H,2H2,1H3,(H,23,25)/t17-/m1/s1. The molecule has 2 heterocycles. The minimum absolute atomic E-state index is 0.366. The van der Waals surface area contributed by atoms with Crippen molar-refractivity contribution >= 4 is 5.91 Å². The monoisotopic (exact) mass is 347 g/mol. The van der Waals surface area contributed by atoms with Crippen LogP contribution >= 0.6 is 0 Å². The predicted octanol–water partition coefficient (Wildman–Crippen LogP) is 2.66. The number of benzene rings is 1. The SMILES string of the molecule is CCOc1cc(C(=O)N[C@H](C#N)c2cnn(-c3ccccc3)c2)ccn1. The van der Waals surface area contributed by atoms with Gasteiger partial charge in [-0.25, -0.2) is 9.67 Å². The smallest absolute Gasteiger partial charge is 0.252 e. The van der Waals surface area contributed by atoms with E-state index in [2.05, 4.69) is 21.5 Å². The van der Waals surface area contributed by atoms with Gasteiger partial charge in [0, 0.05) is 29.6 Å². The number of carbonyl (C=O) groups is 1. The number of aromatic nitrogens is 3. The lowest BCUT2D eigenvalue weighted by Crippen LogP contribution is -2.27. The molecule has 0 bridgehead atoms. The van der Waals surface area contributed by atoms with E-state index in [1.165, 1.54) is 6.20 Å². The quantitative estimate of drug-likeness (QED) is 0.740. The highest BCUT2D eigenvalue weighted by Gasteiger charge is 2.18. The van der Waals surface area contributed by atoms with Gasteiger partial charge in [0.15, 0.2) is 0 Å². The highest BCUT2D eigenvalue weighted by atomic mass is 16.5. The van der Waals surface area contributed by atoms with Gasteiger partial charge in [0.05, 0.1) is 24.6 Å². The molecule has 1 atom stereocenters. The third-order valence-electron chi connectivity index (χ3n) is 3.65.